The van der Waals surface area contributed by atoms with Crippen molar-refractivity contribution in [3.63, 3.8) is 0 Å². The highest BCUT2D eigenvalue weighted by Gasteiger charge is 2.71. The van der Waals surface area contributed by atoms with E-state index in [2.05, 4.69) is 33.0 Å². The number of hydrogen-bond donors (Lipinski definition) is 2. The lowest BCUT2D eigenvalue weighted by Gasteiger charge is -2.61. The highest BCUT2D eigenvalue weighted by molar-refractivity contribution is 5.89. The lowest BCUT2D eigenvalue weighted by atomic mass is 9.48. The molecule has 21 heavy (non-hydrogen) atoms. The molecule has 6 atom stereocenters. The van der Waals surface area contributed by atoms with Crippen molar-refractivity contribution in [1.82, 2.24) is 5.32 Å². The summed E-state index contributed by atoms with van der Waals surface area (Å²) >= 11 is 0. The lowest BCUT2D eigenvalue weighted by Crippen LogP contribution is -2.80. The summed E-state index contributed by atoms with van der Waals surface area (Å²) in [6.07, 6.45) is 4.42. The average molecular weight is 294 g/mol. The molecule has 0 aromatic carbocycles. The molecule has 4 heteroatoms. The van der Waals surface area contributed by atoms with Gasteiger partial charge in [-0.2, -0.15) is 0 Å². The van der Waals surface area contributed by atoms with Crippen LogP contribution in [0.3, 0.4) is 0 Å². The average Bonchev–Trinajstić information content (AvgIpc) is 2.90. The Hall–Kier alpha value is -0.610. The van der Waals surface area contributed by atoms with Crippen LogP contribution < -0.4 is 11.1 Å². The molecular formula is C17H30N2O2. The van der Waals surface area contributed by atoms with E-state index in [-0.39, 0.29) is 23.3 Å². The zero-order chi connectivity index (χ0) is 15.4. The van der Waals surface area contributed by atoms with Crippen molar-refractivity contribution in [2.24, 2.45) is 28.9 Å². The molecular weight excluding hydrogens is 264 g/mol. The SMILES string of the molecule is CC1CCC(NC(=O)C2(N)C3CCOC3C2(C)C)CC1C. The maximum absolute atomic E-state index is 12.9. The maximum atomic E-state index is 12.9. The Morgan fingerprint density at radius 1 is 1.19 bits per heavy atom. The zero-order valence-electron chi connectivity index (χ0n) is 13.8. The van der Waals surface area contributed by atoms with Gasteiger partial charge in [-0.25, -0.2) is 0 Å². The number of nitrogens with two attached hydrogens (primary N) is 1. The molecule has 0 radical (unpaired) electrons. The lowest BCUT2D eigenvalue weighted by molar-refractivity contribution is -0.176. The second kappa shape index (κ2) is 4.95. The van der Waals surface area contributed by atoms with Crippen molar-refractivity contribution in [2.75, 3.05) is 6.61 Å². The Labute approximate surface area is 128 Å². The molecule has 1 aliphatic heterocycles. The first-order valence-corrected chi connectivity index (χ1v) is 8.50. The summed E-state index contributed by atoms with van der Waals surface area (Å²) in [5, 5.41) is 3.26. The van der Waals surface area contributed by atoms with Crippen LogP contribution in [0.25, 0.3) is 0 Å². The third-order valence-corrected chi connectivity index (χ3v) is 6.76. The van der Waals surface area contributed by atoms with Gasteiger partial charge in [-0.05, 0) is 37.5 Å². The number of carbonyl (C=O) groups excluding carboxylic acids is 1. The van der Waals surface area contributed by atoms with E-state index >= 15 is 0 Å². The summed E-state index contributed by atoms with van der Waals surface area (Å²) < 4.78 is 5.77. The van der Waals surface area contributed by atoms with Crippen LogP contribution >= 0.6 is 0 Å². The second-order valence-electron chi connectivity index (χ2n) is 8.22. The Morgan fingerprint density at radius 2 is 1.90 bits per heavy atom. The Balaban J connectivity index is 1.68. The number of ether oxygens (including phenoxy) is 1. The molecule has 2 saturated carbocycles. The summed E-state index contributed by atoms with van der Waals surface area (Å²) in [6.45, 7) is 9.48. The number of hydrogen-bond acceptors (Lipinski definition) is 3. The van der Waals surface area contributed by atoms with Gasteiger partial charge in [0.05, 0.1) is 6.10 Å². The van der Waals surface area contributed by atoms with Crippen LogP contribution in [0.1, 0.15) is 53.4 Å². The summed E-state index contributed by atoms with van der Waals surface area (Å²) in [6, 6.07) is 0.293. The Morgan fingerprint density at radius 3 is 2.57 bits per heavy atom. The molecule has 120 valence electrons. The van der Waals surface area contributed by atoms with Gasteiger partial charge in [-0.15, -0.1) is 0 Å². The van der Waals surface area contributed by atoms with Gasteiger partial charge in [0.2, 0.25) is 5.91 Å². The van der Waals surface area contributed by atoms with Crippen molar-refractivity contribution in [2.45, 2.75) is 71.1 Å². The molecule has 2 aliphatic carbocycles. The molecule has 0 spiro atoms. The van der Waals surface area contributed by atoms with E-state index in [0.717, 1.165) is 31.8 Å². The molecule has 1 saturated heterocycles. The molecule has 1 amide bonds. The second-order valence-corrected chi connectivity index (χ2v) is 8.22. The van der Waals surface area contributed by atoms with Crippen LogP contribution in [0, 0.1) is 23.2 Å². The molecule has 0 aromatic rings. The fourth-order valence-corrected chi connectivity index (χ4v) is 4.83. The van der Waals surface area contributed by atoms with E-state index in [4.69, 9.17) is 10.5 Å². The fraction of sp³-hybridized carbons (Fsp3) is 0.941. The highest BCUT2D eigenvalue weighted by Crippen LogP contribution is 2.58. The molecule has 1 heterocycles. The Bertz CT molecular complexity index is 437. The largest absolute Gasteiger partial charge is 0.377 e. The fourth-order valence-electron chi connectivity index (χ4n) is 4.83. The molecule has 0 aromatic heterocycles. The van der Waals surface area contributed by atoms with Gasteiger partial charge in [0.1, 0.15) is 5.54 Å². The quantitative estimate of drug-likeness (QED) is 0.819. The number of fused-ring (bicyclic) bond motifs is 1. The summed E-state index contributed by atoms with van der Waals surface area (Å²) in [5.74, 6) is 1.67. The van der Waals surface area contributed by atoms with E-state index in [9.17, 15) is 4.79 Å². The third-order valence-electron chi connectivity index (χ3n) is 6.76. The molecule has 3 fully saturated rings. The van der Waals surface area contributed by atoms with Gasteiger partial charge in [0, 0.05) is 24.0 Å². The van der Waals surface area contributed by atoms with Crippen LogP contribution in [0.5, 0.6) is 0 Å². The third kappa shape index (κ3) is 2.06. The minimum atomic E-state index is -0.763. The first kappa shape index (κ1) is 15.3. The predicted molar refractivity (Wildman–Crippen MR) is 82.7 cm³/mol. The monoisotopic (exact) mass is 294 g/mol. The standard InChI is InChI=1S/C17H30N2O2/c1-10-5-6-12(9-11(10)2)19-15(20)17(18)13-7-8-21-14(13)16(17,3)4/h10-14H,5-9,18H2,1-4H3,(H,19,20). The summed E-state index contributed by atoms with van der Waals surface area (Å²) in [7, 11) is 0. The molecule has 3 N–H and O–H groups in total. The van der Waals surface area contributed by atoms with Crippen LogP contribution in [-0.2, 0) is 9.53 Å². The van der Waals surface area contributed by atoms with E-state index in [0.29, 0.717) is 12.0 Å². The van der Waals surface area contributed by atoms with Crippen molar-refractivity contribution in [3.8, 4) is 0 Å². The molecule has 3 rings (SSSR count). The van der Waals surface area contributed by atoms with Crippen LogP contribution in [0.15, 0.2) is 0 Å². The van der Waals surface area contributed by atoms with Gasteiger partial charge in [-0.1, -0.05) is 27.7 Å². The number of rotatable bonds is 2. The van der Waals surface area contributed by atoms with Crippen LogP contribution in [-0.4, -0.2) is 30.2 Å². The summed E-state index contributed by atoms with van der Waals surface area (Å²) in [4.78, 5) is 12.9. The number of carbonyl (C=O) groups is 1. The van der Waals surface area contributed by atoms with Crippen molar-refractivity contribution in [1.29, 1.82) is 0 Å². The first-order valence-electron chi connectivity index (χ1n) is 8.50. The molecule has 4 nitrogen and oxygen atoms in total. The minimum absolute atomic E-state index is 0.0472. The van der Waals surface area contributed by atoms with Crippen LogP contribution in [0.2, 0.25) is 0 Å². The first-order chi connectivity index (χ1) is 9.78. The highest BCUT2D eigenvalue weighted by atomic mass is 16.5. The smallest absolute Gasteiger partial charge is 0.241 e. The molecule has 3 aliphatic rings. The van der Waals surface area contributed by atoms with Crippen molar-refractivity contribution < 1.29 is 9.53 Å². The molecule has 0 bridgehead atoms. The van der Waals surface area contributed by atoms with E-state index in [1.54, 1.807) is 0 Å². The van der Waals surface area contributed by atoms with E-state index < -0.39 is 5.54 Å². The van der Waals surface area contributed by atoms with Gasteiger partial charge in [-0.3, -0.25) is 4.79 Å². The topological polar surface area (TPSA) is 64.4 Å². The van der Waals surface area contributed by atoms with Gasteiger partial charge >= 0.3 is 0 Å². The zero-order valence-corrected chi connectivity index (χ0v) is 13.8. The molecule has 6 unspecified atom stereocenters. The van der Waals surface area contributed by atoms with Crippen molar-refractivity contribution in [3.05, 3.63) is 0 Å². The number of amides is 1. The minimum Gasteiger partial charge on any atom is -0.377 e. The maximum Gasteiger partial charge on any atom is 0.241 e. The summed E-state index contributed by atoms with van der Waals surface area (Å²) in [5.41, 5.74) is 5.56. The van der Waals surface area contributed by atoms with Crippen LogP contribution in [0.4, 0.5) is 0 Å². The van der Waals surface area contributed by atoms with E-state index in [1.807, 2.05) is 0 Å². The normalized spacial score (nSPS) is 48.3. The van der Waals surface area contributed by atoms with Gasteiger partial charge < -0.3 is 15.8 Å². The van der Waals surface area contributed by atoms with Gasteiger partial charge in [0.15, 0.2) is 0 Å². The van der Waals surface area contributed by atoms with Gasteiger partial charge in [0.25, 0.3) is 0 Å². The van der Waals surface area contributed by atoms with Crippen molar-refractivity contribution >= 4 is 5.91 Å². The predicted octanol–water partition coefficient (Wildman–Crippen LogP) is 2.07. The number of nitrogens with one attached hydrogen (secondary N) is 1. The Kier molecular flexibility index (Phi) is 3.61. The van der Waals surface area contributed by atoms with E-state index in [1.165, 1.54) is 6.42 Å².